The fourth-order valence-electron chi connectivity index (χ4n) is 3.43. The Morgan fingerprint density at radius 2 is 1.82 bits per heavy atom. The van der Waals surface area contributed by atoms with Gasteiger partial charge < -0.3 is 5.32 Å². The fraction of sp³-hybridized carbons (Fsp3) is 0.208. The number of hydrogen-bond donors (Lipinski definition) is 1. The van der Waals surface area contributed by atoms with Gasteiger partial charge in [0.25, 0.3) is 11.5 Å². The summed E-state index contributed by atoms with van der Waals surface area (Å²) in [5.41, 5.74) is -1.69. The zero-order valence-electron chi connectivity index (χ0n) is 17.8. The van der Waals surface area contributed by atoms with E-state index in [2.05, 4.69) is 5.32 Å². The molecule has 4 rings (SSSR count). The molecule has 1 aliphatic rings. The first-order valence-electron chi connectivity index (χ1n) is 10.3. The van der Waals surface area contributed by atoms with Gasteiger partial charge in [0.05, 0.1) is 32.9 Å². The molecular formula is C24H18F3N3O3S. The molecule has 1 atom stereocenters. The first-order chi connectivity index (χ1) is 16.1. The number of carbonyl (C=O) groups excluding carboxylic acids is 1. The number of halogens is 3. The summed E-state index contributed by atoms with van der Waals surface area (Å²) in [6, 6.07) is 13.2. The molecule has 1 aliphatic carbocycles. The lowest BCUT2D eigenvalue weighted by Gasteiger charge is -2.17. The van der Waals surface area contributed by atoms with Crippen molar-refractivity contribution in [2.75, 3.05) is 0 Å². The second kappa shape index (κ2) is 8.91. The molecule has 10 heteroatoms. The molecule has 1 saturated carbocycles. The summed E-state index contributed by atoms with van der Waals surface area (Å²) in [4.78, 5) is 26.5. The monoisotopic (exact) mass is 485 g/mol. The number of nitrogens with zero attached hydrogens (tertiary/aromatic N) is 2. The van der Waals surface area contributed by atoms with E-state index in [1.165, 1.54) is 43.3 Å². The molecule has 34 heavy (non-hydrogen) atoms. The Labute approximate surface area is 195 Å². The zero-order valence-corrected chi connectivity index (χ0v) is 18.7. The Morgan fingerprint density at radius 1 is 1.15 bits per heavy atom. The maximum absolute atomic E-state index is 13.4. The third-order valence-electron chi connectivity index (χ3n) is 5.39. The maximum atomic E-state index is 13.4. The van der Waals surface area contributed by atoms with Crippen LogP contribution in [0.1, 0.15) is 40.0 Å². The van der Waals surface area contributed by atoms with Crippen molar-refractivity contribution in [1.29, 1.82) is 5.26 Å². The molecular weight excluding hydrogens is 467 g/mol. The summed E-state index contributed by atoms with van der Waals surface area (Å²) in [5, 5.41) is 11.7. The molecule has 1 N–H and O–H groups in total. The van der Waals surface area contributed by atoms with Crippen LogP contribution >= 0.6 is 0 Å². The molecule has 6 nitrogen and oxygen atoms in total. The van der Waals surface area contributed by atoms with Gasteiger partial charge in [-0.15, -0.1) is 0 Å². The van der Waals surface area contributed by atoms with Crippen LogP contribution in [0.15, 0.2) is 69.2 Å². The van der Waals surface area contributed by atoms with Gasteiger partial charge >= 0.3 is 6.18 Å². The Kier molecular flexibility index (Phi) is 6.15. The molecule has 1 unspecified atom stereocenters. The normalized spacial score (nSPS) is 14.3. The second-order valence-electron chi connectivity index (χ2n) is 7.85. The third kappa shape index (κ3) is 4.65. The topological polar surface area (TPSA) is 92.0 Å². The molecule has 1 aromatic heterocycles. The van der Waals surface area contributed by atoms with Crippen LogP contribution in [0.25, 0.3) is 5.69 Å². The number of aromatic nitrogens is 1. The first-order valence-corrected chi connectivity index (χ1v) is 11.4. The standard InChI is InChI=1S/C24H18F3N3O3S/c1-14-21(34(33)19-9-5-15(13-28)6-10-19)12-20(22(31)29-17-7-8-17)23(32)30(14)18-4-2-3-16(11-18)24(25,26)27/h2-6,9-12,17H,7-8H2,1H3,(H,29,31). The minimum absolute atomic E-state index is 0.0670. The predicted molar refractivity (Wildman–Crippen MR) is 118 cm³/mol. The van der Waals surface area contributed by atoms with E-state index < -0.39 is 34.0 Å². The predicted octanol–water partition coefficient (Wildman–Crippen LogP) is 4.10. The van der Waals surface area contributed by atoms with E-state index in [0.29, 0.717) is 10.5 Å². The maximum Gasteiger partial charge on any atom is 0.416 e. The lowest BCUT2D eigenvalue weighted by atomic mass is 10.1. The van der Waals surface area contributed by atoms with Crippen molar-refractivity contribution in [3.05, 3.63) is 87.3 Å². The highest BCUT2D eigenvalue weighted by Crippen LogP contribution is 2.31. The van der Waals surface area contributed by atoms with Gasteiger partial charge in [-0.05, 0) is 68.3 Å². The fourth-order valence-corrected chi connectivity index (χ4v) is 4.66. The van der Waals surface area contributed by atoms with E-state index in [-0.39, 0.29) is 27.9 Å². The molecule has 0 spiro atoms. The van der Waals surface area contributed by atoms with Gasteiger partial charge in [-0.25, -0.2) is 4.21 Å². The van der Waals surface area contributed by atoms with Crippen LogP contribution < -0.4 is 10.9 Å². The molecule has 3 aromatic rings. The number of rotatable bonds is 5. The van der Waals surface area contributed by atoms with Crippen molar-refractivity contribution in [2.24, 2.45) is 0 Å². The van der Waals surface area contributed by atoms with Gasteiger partial charge in [0, 0.05) is 22.3 Å². The Hall–Kier alpha value is -3.71. The molecule has 1 amide bonds. The highest BCUT2D eigenvalue weighted by Gasteiger charge is 2.31. The number of alkyl halides is 3. The molecule has 174 valence electrons. The van der Waals surface area contributed by atoms with E-state index in [0.717, 1.165) is 35.6 Å². The second-order valence-corrected chi connectivity index (χ2v) is 9.30. The number of hydrogen-bond acceptors (Lipinski definition) is 4. The van der Waals surface area contributed by atoms with Crippen molar-refractivity contribution in [2.45, 2.75) is 41.8 Å². The molecule has 0 aliphatic heterocycles. The number of amides is 1. The molecule has 1 fully saturated rings. The van der Waals surface area contributed by atoms with Crippen molar-refractivity contribution in [1.82, 2.24) is 9.88 Å². The smallest absolute Gasteiger partial charge is 0.349 e. The summed E-state index contributed by atoms with van der Waals surface area (Å²) in [6.07, 6.45) is -3.10. The van der Waals surface area contributed by atoms with Crippen LogP contribution in [0.4, 0.5) is 13.2 Å². The van der Waals surface area contributed by atoms with Crippen LogP contribution in [-0.4, -0.2) is 20.7 Å². The van der Waals surface area contributed by atoms with Gasteiger partial charge in [0.1, 0.15) is 5.56 Å². The summed E-state index contributed by atoms with van der Waals surface area (Å²) in [5.74, 6) is -0.675. The SMILES string of the molecule is Cc1c(S(=O)c2ccc(C#N)cc2)cc(C(=O)NC2CC2)c(=O)n1-c1cccc(C(F)(F)F)c1. The van der Waals surface area contributed by atoms with E-state index in [1.54, 1.807) is 0 Å². The zero-order chi connectivity index (χ0) is 24.6. The summed E-state index contributed by atoms with van der Waals surface area (Å²) in [6.45, 7) is 1.46. The van der Waals surface area contributed by atoms with Gasteiger partial charge in [-0.3, -0.25) is 14.2 Å². The van der Waals surface area contributed by atoms with E-state index in [9.17, 15) is 27.0 Å². The largest absolute Gasteiger partial charge is 0.416 e. The van der Waals surface area contributed by atoms with Gasteiger partial charge in [0.2, 0.25) is 0 Å². The highest BCUT2D eigenvalue weighted by atomic mass is 32.2. The van der Waals surface area contributed by atoms with Crippen molar-refractivity contribution in [3.63, 3.8) is 0 Å². The molecule has 0 radical (unpaired) electrons. The lowest BCUT2D eigenvalue weighted by molar-refractivity contribution is -0.137. The number of benzene rings is 2. The van der Waals surface area contributed by atoms with Crippen molar-refractivity contribution < 1.29 is 22.2 Å². The Morgan fingerprint density at radius 3 is 2.41 bits per heavy atom. The van der Waals surface area contributed by atoms with Crippen LogP contribution in [0.2, 0.25) is 0 Å². The Balaban J connectivity index is 1.91. The number of pyridine rings is 1. The molecule has 1 heterocycles. The molecule has 0 saturated heterocycles. The van der Waals surface area contributed by atoms with E-state index in [1.807, 2.05) is 6.07 Å². The minimum atomic E-state index is -4.64. The molecule has 0 bridgehead atoms. The van der Waals surface area contributed by atoms with Crippen molar-refractivity contribution >= 4 is 16.7 Å². The third-order valence-corrected chi connectivity index (χ3v) is 6.90. The van der Waals surface area contributed by atoms with Crippen LogP contribution in [0.3, 0.4) is 0 Å². The van der Waals surface area contributed by atoms with Gasteiger partial charge in [-0.2, -0.15) is 18.4 Å². The minimum Gasteiger partial charge on any atom is -0.349 e. The average Bonchev–Trinajstić information content (AvgIpc) is 3.62. The summed E-state index contributed by atoms with van der Waals surface area (Å²) < 4.78 is 54.3. The van der Waals surface area contributed by atoms with Gasteiger partial charge in [-0.1, -0.05) is 6.07 Å². The molecule has 2 aromatic carbocycles. The number of nitrogens with one attached hydrogen (secondary N) is 1. The number of nitriles is 1. The Bertz CT molecular complexity index is 1400. The number of carbonyl (C=O) groups is 1. The van der Waals surface area contributed by atoms with Crippen LogP contribution in [0, 0.1) is 18.3 Å². The quantitative estimate of drug-likeness (QED) is 0.589. The van der Waals surface area contributed by atoms with Crippen molar-refractivity contribution in [3.8, 4) is 11.8 Å². The van der Waals surface area contributed by atoms with Gasteiger partial charge in [0.15, 0.2) is 0 Å². The van der Waals surface area contributed by atoms with E-state index >= 15 is 0 Å². The summed E-state index contributed by atoms with van der Waals surface area (Å²) >= 11 is 0. The summed E-state index contributed by atoms with van der Waals surface area (Å²) in [7, 11) is -1.88. The van der Waals surface area contributed by atoms with Crippen LogP contribution in [-0.2, 0) is 17.0 Å². The average molecular weight is 485 g/mol. The lowest BCUT2D eigenvalue weighted by Crippen LogP contribution is -2.35. The van der Waals surface area contributed by atoms with Crippen LogP contribution in [0.5, 0.6) is 0 Å². The van der Waals surface area contributed by atoms with E-state index in [4.69, 9.17) is 5.26 Å². The highest BCUT2D eigenvalue weighted by molar-refractivity contribution is 7.85. The first kappa shape index (κ1) is 23.4.